The second-order valence-corrected chi connectivity index (χ2v) is 3.70. The van der Waals surface area contributed by atoms with Crippen molar-refractivity contribution in [1.29, 1.82) is 0 Å². The molecule has 0 aliphatic rings. The van der Waals surface area contributed by atoms with Crippen LogP contribution < -0.4 is 5.73 Å². The molecule has 2 heteroatoms. The lowest BCUT2D eigenvalue weighted by molar-refractivity contribution is 0.836. The Morgan fingerprint density at radius 1 is 1.36 bits per heavy atom. The van der Waals surface area contributed by atoms with Crippen LogP contribution in [0.3, 0.4) is 0 Å². The number of aromatic nitrogens is 1. The van der Waals surface area contributed by atoms with Gasteiger partial charge in [-0.3, -0.25) is 0 Å². The number of hydrogen-bond donors (Lipinski definition) is 2. The van der Waals surface area contributed by atoms with Crippen molar-refractivity contribution in [2.24, 2.45) is 5.73 Å². The maximum Gasteiger partial charge on any atom is 0.0489 e. The van der Waals surface area contributed by atoms with Gasteiger partial charge in [-0.2, -0.15) is 0 Å². The van der Waals surface area contributed by atoms with Gasteiger partial charge in [-0.15, -0.1) is 0 Å². The number of rotatable bonds is 3. The molecule has 0 saturated carbocycles. The van der Waals surface area contributed by atoms with Crippen LogP contribution in [-0.4, -0.2) is 11.5 Å². The van der Waals surface area contributed by atoms with Gasteiger partial charge in [0.05, 0.1) is 0 Å². The number of benzene rings is 1. The van der Waals surface area contributed by atoms with E-state index in [-0.39, 0.29) is 0 Å². The fourth-order valence-electron chi connectivity index (χ4n) is 1.86. The Morgan fingerprint density at radius 3 is 3.00 bits per heavy atom. The smallest absolute Gasteiger partial charge is 0.0489 e. The van der Waals surface area contributed by atoms with E-state index in [1.165, 1.54) is 22.0 Å². The van der Waals surface area contributed by atoms with E-state index in [4.69, 9.17) is 5.73 Å². The molecule has 3 N–H and O–H groups in total. The summed E-state index contributed by atoms with van der Waals surface area (Å²) in [5.74, 6) is 0. The molecule has 2 aromatic rings. The molecule has 0 aliphatic carbocycles. The van der Waals surface area contributed by atoms with Gasteiger partial charge in [0.15, 0.2) is 0 Å². The summed E-state index contributed by atoms with van der Waals surface area (Å²) in [6, 6.07) is 6.45. The van der Waals surface area contributed by atoms with Crippen molar-refractivity contribution in [2.45, 2.75) is 19.8 Å². The van der Waals surface area contributed by atoms with Gasteiger partial charge in [-0.1, -0.05) is 18.2 Å². The highest BCUT2D eigenvalue weighted by Crippen LogP contribution is 2.21. The Morgan fingerprint density at radius 2 is 2.21 bits per heavy atom. The zero-order valence-electron chi connectivity index (χ0n) is 8.51. The van der Waals surface area contributed by atoms with Crippen LogP contribution in [0.25, 0.3) is 10.9 Å². The molecule has 2 rings (SSSR count). The van der Waals surface area contributed by atoms with Crippen molar-refractivity contribution in [1.82, 2.24) is 4.98 Å². The van der Waals surface area contributed by atoms with Gasteiger partial charge in [-0.05, 0) is 37.4 Å². The standard InChI is InChI=1S/C12H16N2/c1-9-8-14-12-10(5-3-7-13)4-2-6-11(9)12/h2,4,6,8,14H,3,5,7,13H2,1H3. The number of aryl methyl sites for hydroxylation is 2. The molecule has 0 amide bonds. The minimum Gasteiger partial charge on any atom is -0.361 e. The van der Waals surface area contributed by atoms with Crippen LogP contribution >= 0.6 is 0 Å². The van der Waals surface area contributed by atoms with E-state index in [1.807, 2.05) is 0 Å². The average Bonchev–Trinajstić information content (AvgIpc) is 2.58. The predicted octanol–water partition coefficient (Wildman–Crippen LogP) is 2.37. The third-order valence-corrected chi connectivity index (χ3v) is 2.66. The molecule has 14 heavy (non-hydrogen) atoms. The molecule has 0 bridgehead atoms. The summed E-state index contributed by atoms with van der Waals surface area (Å²) in [6.07, 6.45) is 4.18. The van der Waals surface area contributed by atoms with Gasteiger partial charge in [0.2, 0.25) is 0 Å². The van der Waals surface area contributed by atoms with Gasteiger partial charge in [0.1, 0.15) is 0 Å². The van der Waals surface area contributed by atoms with Crippen LogP contribution in [0.4, 0.5) is 0 Å². The summed E-state index contributed by atoms with van der Waals surface area (Å²) in [5.41, 5.74) is 9.48. The van der Waals surface area contributed by atoms with Gasteiger partial charge in [-0.25, -0.2) is 0 Å². The molecule has 2 nitrogen and oxygen atoms in total. The Labute approximate surface area is 84.1 Å². The Balaban J connectivity index is 2.44. The Hall–Kier alpha value is -1.28. The van der Waals surface area contributed by atoms with Crippen molar-refractivity contribution >= 4 is 10.9 Å². The molecule has 0 unspecified atom stereocenters. The SMILES string of the molecule is Cc1c[nH]c2c(CCCN)cccc12. The molecule has 1 aromatic carbocycles. The van der Waals surface area contributed by atoms with E-state index in [1.54, 1.807) is 0 Å². The number of hydrogen-bond acceptors (Lipinski definition) is 1. The molecule has 0 fully saturated rings. The van der Waals surface area contributed by atoms with E-state index in [0.29, 0.717) is 0 Å². The molecular formula is C12H16N2. The molecule has 1 aromatic heterocycles. The van der Waals surface area contributed by atoms with Crippen molar-refractivity contribution in [3.63, 3.8) is 0 Å². The minimum atomic E-state index is 0.760. The van der Waals surface area contributed by atoms with Crippen LogP contribution in [0.2, 0.25) is 0 Å². The van der Waals surface area contributed by atoms with E-state index in [2.05, 4.69) is 36.3 Å². The molecular weight excluding hydrogens is 172 g/mol. The molecule has 0 radical (unpaired) electrons. The van der Waals surface area contributed by atoms with Crippen LogP contribution in [0, 0.1) is 6.92 Å². The third kappa shape index (κ3) is 1.53. The zero-order chi connectivity index (χ0) is 9.97. The van der Waals surface area contributed by atoms with E-state index >= 15 is 0 Å². The quantitative estimate of drug-likeness (QED) is 0.763. The van der Waals surface area contributed by atoms with Gasteiger partial charge >= 0.3 is 0 Å². The highest BCUT2D eigenvalue weighted by Gasteiger charge is 2.03. The molecule has 0 aliphatic heterocycles. The minimum absolute atomic E-state index is 0.760. The number of para-hydroxylation sites is 1. The predicted molar refractivity (Wildman–Crippen MR) is 60.4 cm³/mol. The van der Waals surface area contributed by atoms with Crippen molar-refractivity contribution < 1.29 is 0 Å². The summed E-state index contributed by atoms with van der Waals surface area (Å²) in [6.45, 7) is 2.89. The van der Waals surface area contributed by atoms with Crippen molar-refractivity contribution in [3.8, 4) is 0 Å². The summed E-state index contributed by atoms with van der Waals surface area (Å²) < 4.78 is 0. The summed E-state index contributed by atoms with van der Waals surface area (Å²) >= 11 is 0. The van der Waals surface area contributed by atoms with E-state index < -0.39 is 0 Å². The fourth-order valence-corrected chi connectivity index (χ4v) is 1.86. The van der Waals surface area contributed by atoms with E-state index in [0.717, 1.165) is 19.4 Å². The number of aromatic amines is 1. The van der Waals surface area contributed by atoms with E-state index in [9.17, 15) is 0 Å². The first kappa shape index (κ1) is 9.28. The number of nitrogens with one attached hydrogen (secondary N) is 1. The zero-order valence-corrected chi connectivity index (χ0v) is 8.51. The Bertz CT molecular complexity index is 429. The second-order valence-electron chi connectivity index (χ2n) is 3.70. The van der Waals surface area contributed by atoms with Crippen LogP contribution in [0.15, 0.2) is 24.4 Å². The molecule has 1 heterocycles. The maximum absolute atomic E-state index is 5.52. The molecule has 0 spiro atoms. The van der Waals surface area contributed by atoms with Crippen molar-refractivity contribution in [2.75, 3.05) is 6.54 Å². The lowest BCUT2D eigenvalue weighted by atomic mass is 10.1. The first-order valence-corrected chi connectivity index (χ1v) is 5.08. The summed E-state index contributed by atoms with van der Waals surface area (Å²) in [5, 5.41) is 1.33. The highest BCUT2D eigenvalue weighted by molar-refractivity contribution is 5.85. The molecule has 74 valence electrons. The third-order valence-electron chi connectivity index (χ3n) is 2.66. The second kappa shape index (κ2) is 3.84. The number of H-pyrrole nitrogens is 1. The lowest BCUT2D eigenvalue weighted by Gasteiger charge is -2.01. The number of nitrogens with two attached hydrogens (primary N) is 1. The van der Waals surface area contributed by atoms with Gasteiger partial charge in [0.25, 0.3) is 0 Å². The van der Waals surface area contributed by atoms with Gasteiger partial charge < -0.3 is 10.7 Å². The maximum atomic E-state index is 5.52. The van der Waals surface area contributed by atoms with Crippen LogP contribution in [-0.2, 0) is 6.42 Å². The number of fused-ring (bicyclic) bond motifs is 1. The highest BCUT2D eigenvalue weighted by atomic mass is 14.7. The summed E-state index contributed by atoms with van der Waals surface area (Å²) in [7, 11) is 0. The molecule has 0 atom stereocenters. The van der Waals surface area contributed by atoms with Crippen LogP contribution in [0.5, 0.6) is 0 Å². The topological polar surface area (TPSA) is 41.8 Å². The first-order chi connectivity index (χ1) is 6.83. The monoisotopic (exact) mass is 188 g/mol. The summed E-state index contributed by atoms with van der Waals surface area (Å²) in [4.78, 5) is 3.32. The Kier molecular flexibility index (Phi) is 2.55. The van der Waals surface area contributed by atoms with Crippen LogP contribution in [0.1, 0.15) is 17.5 Å². The normalized spacial score (nSPS) is 11.0. The largest absolute Gasteiger partial charge is 0.361 e. The fraction of sp³-hybridized carbons (Fsp3) is 0.333. The van der Waals surface area contributed by atoms with Crippen molar-refractivity contribution in [3.05, 3.63) is 35.5 Å². The lowest BCUT2D eigenvalue weighted by Crippen LogP contribution is -2.00. The van der Waals surface area contributed by atoms with Gasteiger partial charge in [0, 0.05) is 17.1 Å². The first-order valence-electron chi connectivity index (χ1n) is 5.08. The molecule has 0 saturated heterocycles. The average molecular weight is 188 g/mol.